The summed E-state index contributed by atoms with van der Waals surface area (Å²) in [4.78, 5) is 6.85. The van der Waals surface area contributed by atoms with Crippen LogP contribution in [0.1, 0.15) is 0 Å². The third kappa shape index (κ3) is 3.45. The van der Waals surface area contributed by atoms with Gasteiger partial charge in [0, 0.05) is 10.0 Å². The lowest BCUT2D eigenvalue weighted by atomic mass is 10.3. The SMILES string of the molecule is Clc1ccc(OCCOn2nnc3ccc(Cl)cc32)c(Br)c1. The minimum absolute atomic E-state index is 0.306. The van der Waals surface area contributed by atoms with Crippen LogP contribution in [0.4, 0.5) is 0 Å². The highest BCUT2D eigenvalue weighted by Gasteiger charge is 2.06. The average molecular weight is 403 g/mol. The Hall–Kier alpha value is -1.50. The van der Waals surface area contributed by atoms with Crippen molar-refractivity contribution in [3.8, 4) is 5.75 Å². The van der Waals surface area contributed by atoms with E-state index in [9.17, 15) is 0 Å². The summed E-state index contributed by atoms with van der Waals surface area (Å²) in [5, 5.41) is 9.14. The molecule has 114 valence electrons. The molecule has 0 aliphatic rings. The second-order valence-electron chi connectivity index (χ2n) is 4.35. The summed E-state index contributed by atoms with van der Waals surface area (Å²) in [6.45, 7) is 0.655. The Morgan fingerprint density at radius 3 is 2.64 bits per heavy atom. The molecule has 0 bridgehead atoms. The molecule has 0 atom stereocenters. The van der Waals surface area contributed by atoms with Crippen LogP contribution < -0.4 is 9.57 Å². The van der Waals surface area contributed by atoms with E-state index in [4.69, 9.17) is 32.8 Å². The zero-order chi connectivity index (χ0) is 15.5. The van der Waals surface area contributed by atoms with Gasteiger partial charge in [-0.05, 0) is 57.5 Å². The standard InChI is InChI=1S/C14H10BrCl2N3O2/c15-11-7-9(16)2-4-14(11)21-5-6-22-20-13-8-10(17)1-3-12(13)18-19-20/h1-4,7-8H,5-6H2. The Morgan fingerprint density at radius 1 is 1.05 bits per heavy atom. The van der Waals surface area contributed by atoms with Crippen LogP contribution >= 0.6 is 39.1 Å². The molecular formula is C14H10BrCl2N3O2. The van der Waals surface area contributed by atoms with Crippen molar-refractivity contribution in [2.45, 2.75) is 0 Å². The molecule has 0 fully saturated rings. The zero-order valence-electron chi connectivity index (χ0n) is 11.2. The Morgan fingerprint density at radius 2 is 1.82 bits per heavy atom. The van der Waals surface area contributed by atoms with Gasteiger partial charge in [0.05, 0.1) is 4.47 Å². The lowest BCUT2D eigenvalue weighted by Gasteiger charge is -2.09. The normalized spacial score (nSPS) is 10.9. The first-order valence-electron chi connectivity index (χ1n) is 6.35. The fraction of sp³-hybridized carbons (Fsp3) is 0.143. The van der Waals surface area contributed by atoms with E-state index < -0.39 is 0 Å². The van der Waals surface area contributed by atoms with Gasteiger partial charge >= 0.3 is 0 Å². The van der Waals surface area contributed by atoms with E-state index in [-0.39, 0.29) is 0 Å². The van der Waals surface area contributed by atoms with Gasteiger partial charge in [-0.1, -0.05) is 28.0 Å². The van der Waals surface area contributed by atoms with Crippen LogP contribution in [0.25, 0.3) is 11.0 Å². The summed E-state index contributed by atoms with van der Waals surface area (Å²) in [7, 11) is 0. The van der Waals surface area contributed by atoms with E-state index in [2.05, 4.69) is 26.2 Å². The Labute approximate surface area is 144 Å². The molecule has 0 aliphatic heterocycles. The molecule has 8 heteroatoms. The van der Waals surface area contributed by atoms with Crippen molar-refractivity contribution in [1.82, 2.24) is 15.2 Å². The van der Waals surface area contributed by atoms with Crippen molar-refractivity contribution in [2.24, 2.45) is 0 Å². The number of rotatable bonds is 5. The maximum Gasteiger partial charge on any atom is 0.151 e. The molecule has 0 unspecified atom stereocenters. The smallest absolute Gasteiger partial charge is 0.151 e. The van der Waals surface area contributed by atoms with Gasteiger partial charge in [-0.2, -0.15) is 0 Å². The van der Waals surface area contributed by atoms with Crippen LogP contribution in [-0.2, 0) is 0 Å². The van der Waals surface area contributed by atoms with Crippen LogP contribution in [0.5, 0.6) is 5.75 Å². The maximum absolute atomic E-state index is 5.95. The number of hydrogen-bond acceptors (Lipinski definition) is 4. The zero-order valence-corrected chi connectivity index (χ0v) is 14.3. The molecule has 2 aromatic carbocycles. The molecule has 0 saturated carbocycles. The minimum atomic E-state index is 0.306. The van der Waals surface area contributed by atoms with E-state index in [1.165, 1.54) is 4.85 Å². The molecule has 0 aliphatic carbocycles. The number of ether oxygens (including phenoxy) is 1. The molecule has 3 aromatic rings. The van der Waals surface area contributed by atoms with E-state index in [1.807, 2.05) is 0 Å². The van der Waals surface area contributed by atoms with Gasteiger partial charge in [0.25, 0.3) is 0 Å². The Kier molecular flexibility index (Phi) is 4.71. The molecule has 0 radical (unpaired) electrons. The molecule has 3 rings (SSSR count). The second-order valence-corrected chi connectivity index (χ2v) is 6.08. The number of aromatic nitrogens is 3. The predicted octanol–water partition coefficient (Wildman–Crippen LogP) is 4.01. The first kappa shape index (κ1) is 15.4. The molecule has 0 spiro atoms. The summed E-state index contributed by atoms with van der Waals surface area (Å²) < 4.78 is 6.40. The maximum atomic E-state index is 5.95. The van der Waals surface area contributed by atoms with E-state index in [1.54, 1.807) is 36.4 Å². The molecular weight excluding hydrogens is 393 g/mol. The quantitative estimate of drug-likeness (QED) is 0.605. The van der Waals surface area contributed by atoms with Crippen molar-refractivity contribution in [1.29, 1.82) is 0 Å². The summed E-state index contributed by atoms with van der Waals surface area (Å²) in [6.07, 6.45) is 0. The van der Waals surface area contributed by atoms with Gasteiger partial charge in [0.15, 0.2) is 6.61 Å². The Bertz CT molecular complexity index is 810. The second kappa shape index (κ2) is 6.73. The van der Waals surface area contributed by atoms with Gasteiger partial charge in [0.2, 0.25) is 0 Å². The predicted molar refractivity (Wildman–Crippen MR) is 88.6 cm³/mol. The summed E-state index contributed by atoms with van der Waals surface area (Å²) in [5.41, 5.74) is 1.42. The first-order chi connectivity index (χ1) is 10.6. The van der Waals surface area contributed by atoms with Crippen molar-refractivity contribution in [3.05, 3.63) is 50.9 Å². The molecule has 22 heavy (non-hydrogen) atoms. The monoisotopic (exact) mass is 401 g/mol. The molecule has 5 nitrogen and oxygen atoms in total. The number of fused-ring (bicyclic) bond motifs is 1. The topological polar surface area (TPSA) is 49.2 Å². The fourth-order valence-corrected chi connectivity index (χ4v) is 2.80. The van der Waals surface area contributed by atoms with Crippen molar-refractivity contribution < 1.29 is 9.57 Å². The van der Waals surface area contributed by atoms with E-state index >= 15 is 0 Å². The van der Waals surface area contributed by atoms with Crippen molar-refractivity contribution in [3.63, 3.8) is 0 Å². The highest BCUT2D eigenvalue weighted by molar-refractivity contribution is 9.10. The van der Waals surface area contributed by atoms with Crippen LogP contribution in [-0.4, -0.2) is 28.4 Å². The molecule has 0 saturated heterocycles. The lowest BCUT2D eigenvalue weighted by molar-refractivity contribution is 0.0638. The van der Waals surface area contributed by atoms with Crippen LogP contribution in [0.3, 0.4) is 0 Å². The van der Waals surface area contributed by atoms with Gasteiger partial charge in [-0.25, -0.2) is 0 Å². The van der Waals surface area contributed by atoms with Crippen LogP contribution in [0.2, 0.25) is 10.0 Å². The molecule has 0 amide bonds. The van der Waals surface area contributed by atoms with Gasteiger partial charge in [0.1, 0.15) is 23.4 Å². The van der Waals surface area contributed by atoms with E-state index in [0.29, 0.717) is 40.0 Å². The lowest BCUT2D eigenvalue weighted by Crippen LogP contribution is -2.19. The highest BCUT2D eigenvalue weighted by Crippen LogP contribution is 2.27. The third-order valence-electron chi connectivity index (χ3n) is 2.83. The number of hydrogen-bond donors (Lipinski definition) is 0. The largest absolute Gasteiger partial charge is 0.489 e. The van der Waals surface area contributed by atoms with Gasteiger partial charge in [-0.15, -0.1) is 5.10 Å². The average Bonchev–Trinajstić information content (AvgIpc) is 2.88. The van der Waals surface area contributed by atoms with Crippen molar-refractivity contribution in [2.75, 3.05) is 13.2 Å². The summed E-state index contributed by atoms with van der Waals surface area (Å²) >= 11 is 15.2. The van der Waals surface area contributed by atoms with Gasteiger partial charge in [-0.3, -0.25) is 0 Å². The molecule has 1 heterocycles. The molecule has 1 aromatic heterocycles. The number of benzene rings is 2. The van der Waals surface area contributed by atoms with Crippen molar-refractivity contribution >= 4 is 50.2 Å². The van der Waals surface area contributed by atoms with Crippen LogP contribution in [0.15, 0.2) is 40.9 Å². The molecule has 0 N–H and O–H groups in total. The summed E-state index contributed by atoms with van der Waals surface area (Å²) in [6, 6.07) is 10.6. The fourth-order valence-electron chi connectivity index (χ4n) is 1.83. The van der Waals surface area contributed by atoms with E-state index in [0.717, 1.165) is 4.47 Å². The third-order valence-corrected chi connectivity index (χ3v) is 3.92. The highest BCUT2D eigenvalue weighted by atomic mass is 79.9. The summed E-state index contributed by atoms with van der Waals surface area (Å²) in [5.74, 6) is 0.694. The Balaban J connectivity index is 1.59. The first-order valence-corrected chi connectivity index (χ1v) is 7.90. The van der Waals surface area contributed by atoms with Crippen LogP contribution in [0, 0.1) is 0 Å². The van der Waals surface area contributed by atoms with Gasteiger partial charge < -0.3 is 9.57 Å². The minimum Gasteiger partial charge on any atom is -0.489 e. The number of nitrogens with zero attached hydrogens (tertiary/aromatic N) is 3. The number of halogens is 3.